The van der Waals surface area contributed by atoms with Gasteiger partial charge >= 0.3 is 0 Å². The Labute approximate surface area is 123 Å². The molecule has 0 aliphatic carbocycles. The predicted octanol–water partition coefficient (Wildman–Crippen LogP) is 3.01. The zero-order valence-electron chi connectivity index (χ0n) is 11.7. The van der Waals surface area contributed by atoms with E-state index >= 15 is 0 Å². The maximum atomic E-state index is 14.0. The van der Waals surface area contributed by atoms with Gasteiger partial charge in [0, 0.05) is 38.9 Å². The number of nitrogens with one attached hydrogen (secondary N) is 1. The van der Waals surface area contributed by atoms with Crippen molar-refractivity contribution in [3.05, 3.63) is 29.6 Å². The molecule has 1 aromatic carbocycles. The second-order valence-electron chi connectivity index (χ2n) is 4.84. The third kappa shape index (κ3) is 3.84. The van der Waals surface area contributed by atoms with Crippen LogP contribution >= 0.6 is 13.5 Å². The van der Waals surface area contributed by atoms with Gasteiger partial charge in [0.15, 0.2) is 0 Å². The molecule has 0 radical (unpaired) electrons. The Bertz CT molecular complexity index is 422. The fourth-order valence-corrected chi connectivity index (χ4v) is 2.42. The molecule has 1 heterocycles. The Morgan fingerprint density at radius 1 is 1.53 bits per heavy atom. The molecule has 110 valence electrons. The highest BCUT2D eigenvalue weighted by atomic mass is 32.1. The number of rotatable bonds is 3. The van der Waals surface area contributed by atoms with Crippen LogP contribution < -0.4 is 5.32 Å². The highest BCUT2D eigenvalue weighted by Crippen LogP contribution is 2.26. The topological polar surface area (TPSA) is 24.5 Å². The molecule has 2 rings (SSSR count). The maximum absolute atomic E-state index is 14.0. The Morgan fingerprint density at radius 2 is 2.26 bits per heavy atom. The van der Waals surface area contributed by atoms with E-state index in [1.165, 1.54) is 0 Å². The van der Waals surface area contributed by atoms with E-state index in [4.69, 9.17) is 4.74 Å². The van der Waals surface area contributed by atoms with Crippen molar-refractivity contribution in [2.45, 2.75) is 26.0 Å². The van der Waals surface area contributed by atoms with Gasteiger partial charge in [0.05, 0.1) is 12.7 Å². The monoisotopic (exact) mass is 288 g/mol. The first-order valence-electron chi connectivity index (χ1n) is 6.44. The van der Waals surface area contributed by atoms with Gasteiger partial charge in [-0.1, -0.05) is 6.07 Å². The van der Waals surface area contributed by atoms with Crippen LogP contribution in [0.25, 0.3) is 0 Å². The van der Waals surface area contributed by atoms with Crippen molar-refractivity contribution in [2.24, 2.45) is 0 Å². The second-order valence-corrected chi connectivity index (χ2v) is 4.84. The van der Waals surface area contributed by atoms with Gasteiger partial charge in [-0.25, -0.2) is 4.39 Å². The molecule has 1 aromatic rings. The van der Waals surface area contributed by atoms with Crippen LogP contribution in [0, 0.1) is 5.82 Å². The van der Waals surface area contributed by atoms with Crippen LogP contribution in [0.4, 0.5) is 10.1 Å². The molecule has 19 heavy (non-hydrogen) atoms. The number of anilines is 1. The van der Waals surface area contributed by atoms with Crippen molar-refractivity contribution in [1.29, 1.82) is 0 Å². The van der Waals surface area contributed by atoms with Crippen LogP contribution in [0.3, 0.4) is 0 Å². The van der Waals surface area contributed by atoms with Crippen molar-refractivity contribution < 1.29 is 10.6 Å². The van der Waals surface area contributed by atoms with Crippen molar-refractivity contribution in [3.8, 4) is 0 Å². The van der Waals surface area contributed by atoms with Crippen LogP contribution in [-0.4, -0.2) is 37.7 Å². The van der Waals surface area contributed by atoms with Crippen molar-refractivity contribution in [1.82, 2.24) is 4.90 Å². The standard InChI is InChI=1S/C14H21FN2O.H2S.H2/c1-10-9-17(6-7-18-10)11(2)13-5-4-12(16-3)8-14(13)15;;/h4-5,8,10-11,16H,6-7,9H2,1-3H3;1H2;1H. The molecule has 0 aromatic heterocycles. The molecule has 5 heteroatoms. The first kappa shape index (κ1) is 16.3. The lowest BCUT2D eigenvalue weighted by Gasteiger charge is -2.35. The normalized spacial score (nSPS) is 21.6. The molecule has 1 fully saturated rings. The first-order valence-corrected chi connectivity index (χ1v) is 6.44. The van der Waals surface area contributed by atoms with Gasteiger partial charge in [-0.05, 0) is 26.0 Å². The minimum atomic E-state index is -0.145. The minimum Gasteiger partial charge on any atom is -0.388 e. The van der Waals surface area contributed by atoms with E-state index in [1.54, 1.807) is 13.1 Å². The van der Waals surface area contributed by atoms with Gasteiger partial charge in [0.1, 0.15) is 5.82 Å². The van der Waals surface area contributed by atoms with Gasteiger partial charge in [0.25, 0.3) is 0 Å². The molecule has 2 atom stereocenters. The third-order valence-corrected chi connectivity index (χ3v) is 3.56. The van der Waals surface area contributed by atoms with Crippen LogP contribution in [0.1, 0.15) is 26.9 Å². The largest absolute Gasteiger partial charge is 0.388 e. The zero-order valence-corrected chi connectivity index (χ0v) is 12.7. The summed E-state index contributed by atoms with van der Waals surface area (Å²) in [5, 5.41) is 2.95. The summed E-state index contributed by atoms with van der Waals surface area (Å²) in [4.78, 5) is 2.27. The number of hydrogen-bond donors (Lipinski definition) is 1. The predicted molar refractivity (Wildman–Crippen MR) is 83.8 cm³/mol. The zero-order chi connectivity index (χ0) is 13.1. The number of hydrogen-bond acceptors (Lipinski definition) is 3. The van der Waals surface area contributed by atoms with E-state index in [0.717, 1.165) is 30.9 Å². The van der Waals surface area contributed by atoms with E-state index in [9.17, 15) is 4.39 Å². The Morgan fingerprint density at radius 3 is 2.84 bits per heavy atom. The molecular weight excluding hydrogens is 263 g/mol. The summed E-state index contributed by atoms with van der Waals surface area (Å²) in [6.07, 6.45) is 0.223. The summed E-state index contributed by atoms with van der Waals surface area (Å²) >= 11 is 0. The lowest BCUT2D eigenvalue weighted by molar-refractivity contribution is -0.0323. The molecule has 1 saturated heterocycles. The number of benzene rings is 1. The lowest BCUT2D eigenvalue weighted by atomic mass is 10.0. The van der Waals surface area contributed by atoms with Gasteiger partial charge < -0.3 is 10.1 Å². The summed E-state index contributed by atoms with van der Waals surface area (Å²) in [7, 11) is 1.79. The SMILES string of the molecule is CNc1ccc(C(C)N2CCOC(C)C2)c(F)c1.S.[HH]. The summed E-state index contributed by atoms with van der Waals surface area (Å²) in [5.74, 6) is -0.145. The van der Waals surface area contributed by atoms with Gasteiger partial charge in [-0.2, -0.15) is 13.5 Å². The maximum Gasteiger partial charge on any atom is 0.130 e. The number of ether oxygens (including phenoxy) is 1. The molecule has 1 aliphatic rings. The molecule has 1 N–H and O–H groups in total. The Kier molecular flexibility index (Phi) is 6.10. The number of halogens is 1. The summed E-state index contributed by atoms with van der Waals surface area (Å²) in [5.41, 5.74) is 1.56. The molecule has 0 saturated carbocycles. The third-order valence-electron chi connectivity index (χ3n) is 3.56. The summed E-state index contributed by atoms with van der Waals surface area (Å²) in [6, 6.07) is 5.42. The van der Waals surface area contributed by atoms with E-state index in [1.807, 2.05) is 12.1 Å². The average molecular weight is 288 g/mol. The smallest absolute Gasteiger partial charge is 0.130 e. The highest BCUT2D eigenvalue weighted by molar-refractivity contribution is 7.59. The van der Waals surface area contributed by atoms with Crippen LogP contribution in [0.5, 0.6) is 0 Å². The molecule has 0 amide bonds. The van der Waals surface area contributed by atoms with E-state index in [0.29, 0.717) is 0 Å². The van der Waals surface area contributed by atoms with Crippen LogP contribution in [0.2, 0.25) is 0 Å². The van der Waals surface area contributed by atoms with Crippen molar-refractivity contribution in [3.63, 3.8) is 0 Å². The first-order chi connectivity index (χ1) is 8.61. The lowest BCUT2D eigenvalue weighted by Crippen LogP contribution is -2.42. The van der Waals surface area contributed by atoms with Gasteiger partial charge in [-0.3, -0.25) is 4.90 Å². The van der Waals surface area contributed by atoms with Crippen LogP contribution in [0.15, 0.2) is 18.2 Å². The summed E-state index contributed by atoms with van der Waals surface area (Å²) < 4.78 is 19.6. The van der Waals surface area contributed by atoms with Gasteiger partial charge in [0.2, 0.25) is 0 Å². The van der Waals surface area contributed by atoms with E-state index < -0.39 is 0 Å². The Balaban J connectivity index is 0.00000180. The molecular formula is C14H25FN2OS. The van der Waals surface area contributed by atoms with Crippen LogP contribution in [-0.2, 0) is 4.74 Å². The second kappa shape index (κ2) is 7.12. The van der Waals surface area contributed by atoms with E-state index in [2.05, 4.69) is 24.1 Å². The number of morpholine rings is 1. The molecule has 0 bridgehead atoms. The van der Waals surface area contributed by atoms with Crippen molar-refractivity contribution in [2.75, 3.05) is 32.1 Å². The molecule has 0 spiro atoms. The molecule has 2 unspecified atom stereocenters. The molecule has 3 nitrogen and oxygen atoms in total. The van der Waals surface area contributed by atoms with Crippen molar-refractivity contribution >= 4 is 19.2 Å². The fourth-order valence-electron chi connectivity index (χ4n) is 2.42. The Hall–Kier alpha value is -0.780. The fraction of sp³-hybridized carbons (Fsp3) is 0.571. The summed E-state index contributed by atoms with van der Waals surface area (Å²) in [6.45, 7) is 6.55. The van der Waals surface area contributed by atoms with E-state index in [-0.39, 0.29) is 32.9 Å². The minimum absolute atomic E-state index is 0. The number of nitrogens with zero attached hydrogens (tertiary/aromatic N) is 1. The van der Waals surface area contributed by atoms with Gasteiger partial charge in [-0.15, -0.1) is 0 Å². The quantitative estimate of drug-likeness (QED) is 0.925. The average Bonchev–Trinajstić information content (AvgIpc) is 2.37. The highest BCUT2D eigenvalue weighted by Gasteiger charge is 2.24. The molecule has 1 aliphatic heterocycles.